The van der Waals surface area contributed by atoms with Gasteiger partial charge in [-0.1, -0.05) is 30.3 Å². The third-order valence-corrected chi connectivity index (χ3v) is 3.97. The summed E-state index contributed by atoms with van der Waals surface area (Å²) in [6.45, 7) is 3.85. The molecule has 2 aromatic rings. The maximum Gasteiger partial charge on any atom is 0.0952 e. The van der Waals surface area contributed by atoms with E-state index >= 15 is 0 Å². The Morgan fingerprint density at radius 3 is 2.80 bits per heavy atom. The molecule has 1 aliphatic heterocycles. The summed E-state index contributed by atoms with van der Waals surface area (Å²) in [5, 5.41) is 9.01. The monoisotopic (exact) mass is 271 g/mol. The summed E-state index contributed by atoms with van der Waals surface area (Å²) in [7, 11) is 0. The number of β-amino-alcohol motifs (C(OH)–C–C–N with tert-alkyl or cyclic N) is 1. The zero-order chi connectivity index (χ0) is 13.8. The van der Waals surface area contributed by atoms with E-state index in [1.807, 2.05) is 6.33 Å². The Morgan fingerprint density at radius 1 is 1.15 bits per heavy atom. The summed E-state index contributed by atoms with van der Waals surface area (Å²) < 4.78 is 2.29. The Bertz CT molecular complexity index is 550. The predicted octanol–water partition coefficient (Wildman–Crippen LogP) is 1.48. The topological polar surface area (TPSA) is 41.3 Å². The lowest BCUT2D eigenvalue weighted by Gasteiger charge is -2.26. The number of aliphatic hydroxyl groups excluding tert-OH is 1. The van der Waals surface area contributed by atoms with E-state index < -0.39 is 0 Å². The molecule has 4 nitrogen and oxygen atoms in total. The van der Waals surface area contributed by atoms with Gasteiger partial charge in [0, 0.05) is 38.3 Å². The molecule has 1 aliphatic rings. The fraction of sp³-hybridized carbons (Fsp3) is 0.438. The number of hydrogen-bond donors (Lipinski definition) is 1. The summed E-state index contributed by atoms with van der Waals surface area (Å²) in [5.74, 6) is 0. The van der Waals surface area contributed by atoms with Crippen LogP contribution in [0.2, 0.25) is 0 Å². The molecule has 1 aromatic heterocycles. The molecule has 4 heteroatoms. The summed E-state index contributed by atoms with van der Waals surface area (Å²) in [4.78, 5) is 6.80. The van der Waals surface area contributed by atoms with Crippen molar-refractivity contribution in [2.45, 2.75) is 25.9 Å². The lowest BCUT2D eigenvalue weighted by Crippen LogP contribution is -2.33. The minimum absolute atomic E-state index is 0.226. The van der Waals surface area contributed by atoms with E-state index in [4.69, 9.17) is 5.11 Å². The number of aromatic nitrogens is 2. The third-order valence-electron chi connectivity index (χ3n) is 3.97. The van der Waals surface area contributed by atoms with Crippen LogP contribution < -0.4 is 0 Å². The van der Waals surface area contributed by atoms with Crippen LogP contribution in [-0.2, 0) is 25.9 Å². The molecule has 0 atom stereocenters. The molecule has 0 bridgehead atoms. The Balaban J connectivity index is 1.65. The van der Waals surface area contributed by atoms with Crippen molar-refractivity contribution in [3.05, 3.63) is 53.6 Å². The molecule has 2 heterocycles. The molecule has 106 valence electrons. The first-order valence-electron chi connectivity index (χ1n) is 7.27. The summed E-state index contributed by atoms with van der Waals surface area (Å²) in [5.41, 5.74) is 3.92. The van der Waals surface area contributed by atoms with Crippen molar-refractivity contribution in [2.75, 3.05) is 19.7 Å². The van der Waals surface area contributed by atoms with Gasteiger partial charge in [0.1, 0.15) is 0 Å². The SMILES string of the molecule is OCCN1CCc2c(ncn2CCc2ccccc2)C1. The molecule has 0 amide bonds. The number of aliphatic hydroxyl groups is 1. The highest BCUT2D eigenvalue weighted by Gasteiger charge is 2.20. The molecule has 1 aromatic carbocycles. The van der Waals surface area contributed by atoms with Crippen LogP contribution in [0.3, 0.4) is 0 Å². The highest BCUT2D eigenvalue weighted by Crippen LogP contribution is 2.18. The van der Waals surface area contributed by atoms with Crippen molar-refractivity contribution >= 4 is 0 Å². The van der Waals surface area contributed by atoms with Gasteiger partial charge in [0.25, 0.3) is 0 Å². The van der Waals surface area contributed by atoms with Crippen molar-refractivity contribution in [1.82, 2.24) is 14.5 Å². The number of nitrogens with zero attached hydrogens (tertiary/aromatic N) is 3. The van der Waals surface area contributed by atoms with Gasteiger partial charge in [-0.3, -0.25) is 4.90 Å². The average molecular weight is 271 g/mol. The van der Waals surface area contributed by atoms with Crippen LogP contribution in [-0.4, -0.2) is 39.3 Å². The van der Waals surface area contributed by atoms with Gasteiger partial charge in [-0.25, -0.2) is 4.98 Å². The molecule has 0 aliphatic carbocycles. The van der Waals surface area contributed by atoms with Gasteiger partial charge >= 0.3 is 0 Å². The Hall–Kier alpha value is -1.65. The lowest BCUT2D eigenvalue weighted by molar-refractivity contribution is 0.181. The Morgan fingerprint density at radius 2 is 2.00 bits per heavy atom. The van der Waals surface area contributed by atoms with Gasteiger partial charge in [0.15, 0.2) is 0 Å². The molecular formula is C16H21N3O. The van der Waals surface area contributed by atoms with Crippen LogP contribution in [0.5, 0.6) is 0 Å². The summed E-state index contributed by atoms with van der Waals surface area (Å²) in [6.07, 6.45) is 4.05. The molecule has 1 N–H and O–H groups in total. The quantitative estimate of drug-likeness (QED) is 0.895. The fourth-order valence-electron chi connectivity index (χ4n) is 2.84. The minimum Gasteiger partial charge on any atom is -0.395 e. The predicted molar refractivity (Wildman–Crippen MR) is 78.4 cm³/mol. The standard InChI is InChI=1S/C16H21N3O/c20-11-10-18-8-7-16-15(12-18)17-13-19(16)9-6-14-4-2-1-3-5-14/h1-5,13,20H,6-12H2. The maximum atomic E-state index is 9.01. The molecule has 0 radical (unpaired) electrons. The number of rotatable bonds is 5. The highest BCUT2D eigenvalue weighted by molar-refractivity contribution is 5.18. The first kappa shape index (κ1) is 13.3. The minimum atomic E-state index is 0.226. The number of fused-ring (bicyclic) bond motifs is 1. The fourth-order valence-corrected chi connectivity index (χ4v) is 2.84. The first-order valence-corrected chi connectivity index (χ1v) is 7.27. The average Bonchev–Trinajstić information content (AvgIpc) is 2.89. The summed E-state index contributed by atoms with van der Waals surface area (Å²) >= 11 is 0. The van der Waals surface area contributed by atoms with E-state index in [2.05, 4.69) is 44.8 Å². The van der Waals surface area contributed by atoms with Crippen molar-refractivity contribution < 1.29 is 5.11 Å². The van der Waals surface area contributed by atoms with Crippen molar-refractivity contribution in [2.24, 2.45) is 0 Å². The smallest absolute Gasteiger partial charge is 0.0952 e. The zero-order valence-corrected chi connectivity index (χ0v) is 11.7. The van der Waals surface area contributed by atoms with Crippen molar-refractivity contribution in [1.29, 1.82) is 0 Å². The van der Waals surface area contributed by atoms with Crippen LogP contribution in [0.4, 0.5) is 0 Å². The van der Waals surface area contributed by atoms with Gasteiger partial charge in [-0.2, -0.15) is 0 Å². The summed E-state index contributed by atoms with van der Waals surface area (Å²) in [6, 6.07) is 10.6. The molecule has 0 unspecified atom stereocenters. The van der Waals surface area contributed by atoms with E-state index in [-0.39, 0.29) is 6.61 Å². The number of aryl methyl sites for hydroxylation is 2. The van der Waals surface area contributed by atoms with Gasteiger partial charge < -0.3 is 9.67 Å². The number of benzene rings is 1. The van der Waals surface area contributed by atoms with Crippen LogP contribution >= 0.6 is 0 Å². The lowest BCUT2D eigenvalue weighted by atomic mass is 10.1. The zero-order valence-electron chi connectivity index (χ0n) is 11.7. The van der Waals surface area contributed by atoms with E-state index in [0.717, 1.165) is 39.0 Å². The molecular weight excluding hydrogens is 250 g/mol. The normalized spacial score (nSPS) is 15.2. The van der Waals surface area contributed by atoms with E-state index in [1.54, 1.807) is 0 Å². The molecule has 20 heavy (non-hydrogen) atoms. The van der Waals surface area contributed by atoms with Gasteiger partial charge in [0.05, 0.1) is 18.6 Å². The van der Waals surface area contributed by atoms with E-state index in [9.17, 15) is 0 Å². The van der Waals surface area contributed by atoms with Gasteiger partial charge in [-0.05, 0) is 12.0 Å². The van der Waals surface area contributed by atoms with Crippen molar-refractivity contribution in [3.8, 4) is 0 Å². The molecule has 0 fully saturated rings. The van der Waals surface area contributed by atoms with E-state index in [1.165, 1.54) is 17.0 Å². The van der Waals surface area contributed by atoms with Crippen molar-refractivity contribution in [3.63, 3.8) is 0 Å². The number of hydrogen-bond acceptors (Lipinski definition) is 3. The Labute approximate surface area is 119 Å². The second kappa shape index (κ2) is 6.20. The molecule has 0 spiro atoms. The van der Waals surface area contributed by atoms with Crippen LogP contribution in [0.15, 0.2) is 36.7 Å². The van der Waals surface area contributed by atoms with Crippen LogP contribution in [0.25, 0.3) is 0 Å². The second-order valence-electron chi connectivity index (χ2n) is 5.32. The van der Waals surface area contributed by atoms with Crippen LogP contribution in [0.1, 0.15) is 17.0 Å². The molecule has 0 saturated heterocycles. The van der Waals surface area contributed by atoms with Crippen LogP contribution in [0, 0.1) is 0 Å². The number of imidazole rings is 1. The van der Waals surface area contributed by atoms with Gasteiger partial charge in [-0.15, -0.1) is 0 Å². The largest absolute Gasteiger partial charge is 0.395 e. The third kappa shape index (κ3) is 2.92. The molecule has 3 rings (SSSR count). The van der Waals surface area contributed by atoms with E-state index in [0.29, 0.717) is 0 Å². The molecule has 0 saturated carbocycles. The first-order chi connectivity index (χ1) is 9.86. The van der Waals surface area contributed by atoms with Gasteiger partial charge in [0.2, 0.25) is 0 Å². The second-order valence-corrected chi connectivity index (χ2v) is 5.32. The highest BCUT2D eigenvalue weighted by atomic mass is 16.3. The Kier molecular flexibility index (Phi) is 4.14. The maximum absolute atomic E-state index is 9.01.